The highest BCUT2D eigenvalue weighted by Crippen LogP contribution is 2.43. The molecule has 8 heteroatoms. The number of anilines is 1. The lowest BCUT2D eigenvalue weighted by molar-refractivity contribution is -0.140. The molecule has 0 aliphatic carbocycles. The maximum Gasteiger partial charge on any atom is 0.416 e. The molecule has 2 unspecified atom stereocenters. The molecule has 0 saturated heterocycles. The number of amidine groups is 1. The van der Waals surface area contributed by atoms with Gasteiger partial charge in [0.2, 0.25) is 0 Å². The van der Waals surface area contributed by atoms with Gasteiger partial charge in [-0.3, -0.25) is 9.79 Å². The molecule has 154 valence electrons. The van der Waals surface area contributed by atoms with Gasteiger partial charge in [-0.25, -0.2) is 4.39 Å². The van der Waals surface area contributed by atoms with Crippen LogP contribution in [-0.2, 0) is 17.5 Å². The third-order valence-corrected chi connectivity index (χ3v) is 5.01. The maximum absolute atomic E-state index is 13.7. The lowest BCUT2D eigenvalue weighted by atomic mass is 9.80. The first-order valence-corrected chi connectivity index (χ1v) is 9.13. The Bertz CT molecular complexity index is 956. The van der Waals surface area contributed by atoms with Gasteiger partial charge >= 0.3 is 12.1 Å². The first kappa shape index (κ1) is 20.8. The van der Waals surface area contributed by atoms with Crippen molar-refractivity contribution in [2.24, 2.45) is 10.9 Å². The van der Waals surface area contributed by atoms with E-state index >= 15 is 0 Å². The van der Waals surface area contributed by atoms with Gasteiger partial charge in [-0.05, 0) is 42.3 Å². The van der Waals surface area contributed by atoms with Crippen molar-refractivity contribution in [2.75, 3.05) is 11.4 Å². The largest absolute Gasteiger partial charge is 0.481 e. The zero-order valence-electron chi connectivity index (χ0n) is 15.9. The van der Waals surface area contributed by atoms with Crippen molar-refractivity contribution in [3.8, 4) is 0 Å². The molecule has 0 aromatic heterocycles. The fraction of sp³-hybridized carbons (Fsp3) is 0.333. The molecule has 2 atom stereocenters. The van der Waals surface area contributed by atoms with Crippen LogP contribution in [0.1, 0.15) is 36.5 Å². The second-order valence-electron chi connectivity index (χ2n) is 6.92. The highest BCUT2D eigenvalue weighted by molar-refractivity contribution is 6.12. The fourth-order valence-electron chi connectivity index (χ4n) is 3.69. The Balaban J connectivity index is 2.21. The number of rotatable bonds is 4. The molecule has 1 aliphatic heterocycles. The van der Waals surface area contributed by atoms with Gasteiger partial charge in [0.1, 0.15) is 17.6 Å². The number of benzene rings is 2. The number of nitrogens with zero attached hydrogens (tertiary/aromatic N) is 2. The molecule has 0 bridgehead atoms. The minimum atomic E-state index is -4.55. The minimum Gasteiger partial charge on any atom is -0.481 e. The van der Waals surface area contributed by atoms with Crippen LogP contribution < -0.4 is 4.90 Å². The summed E-state index contributed by atoms with van der Waals surface area (Å²) in [6, 6.07) is 8.94. The standard InChI is InChI=1S/C21H20F4N2O2/c1-3-26-19-18(20(28)29)12(2)16-8-7-14(21(23,24)25)10-17(16)27(19)11-13-5-4-6-15(22)9-13/h4-10,12,18H,3,11H2,1-2H3,(H,28,29). The lowest BCUT2D eigenvalue weighted by Gasteiger charge is -2.40. The monoisotopic (exact) mass is 408 g/mol. The van der Waals surface area contributed by atoms with Crippen molar-refractivity contribution < 1.29 is 27.5 Å². The first-order valence-electron chi connectivity index (χ1n) is 9.13. The summed E-state index contributed by atoms with van der Waals surface area (Å²) in [7, 11) is 0. The number of aliphatic imine (C=N–C) groups is 1. The van der Waals surface area contributed by atoms with Gasteiger partial charge in [0.05, 0.1) is 5.56 Å². The van der Waals surface area contributed by atoms with Gasteiger partial charge in [0.25, 0.3) is 0 Å². The Kier molecular flexibility index (Phi) is 5.64. The average molecular weight is 408 g/mol. The van der Waals surface area contributed by atoms with Crippen molar-refractivity contribution in [1.82, 2.24) is 0 Å². The summed E-state index contributed by atoms with van der Waals surface area (Å²) in [6.45, 7) is 3.65. The molecule has 4 nitrogen and oxygen atoms in total. The van der Waals surface area contributed by atoms with E-state index in [4.69, 9.17) is 0 Å². The van der Waals surface area contributed by atoms with Crippen LogP contribution in [-0.4, -0.2) is 23.5 Å². The normalized spacial score (nSPS) is 20.6. The smallest absolute Gasteiger partial charge is 0.416 e. The van der Waals surface area contributed by atoms with Crippen LogP contribution in [0.4, 0.5) is 23.2 Å². The first-order chi connectivity index (χ1) is 13.6. The number of alkyl halides is 3. The molecule has 3 rings (SSSR count). The van der Waals surface area contributed by atoms with E-state index < -0.39 is 35.4 Å². The number of carboxylic acids is 1. The third-order valence-electron chi connectivity index (χ3n) is 5.01. The number of hydrogen-bond donors (Lipinski definition) is 1. The van der Waals surface area contributed by atoms with Crippen molar-refractivity contribution in [1.29, 1.82) is 0 Å². The topological polar surface area (TPSA) is 52.9 Å². The van der Waals surface area contributed by atoms with Crippen LogP contribution in [0.3, 0.4) is 0 Å². The Morgan fingerprint density at radius 3 is 2.52 bits per heavy atom. The number of hydrogen-bond acceptors (Lipinski definition) is 2. The molecular formula is C21H20F4N2O2. The van der Waals surface area contributed by atoms with E-state index in [1.54, 1.807) is 19.9 Å². The predicted octanol–water partition coefficient (Wildman–Crippen LogP) is 5.09. The van der Waals surface area contributed by atoms with E-state index in [-0.39, 0.29) is 24.6 Å². The van der Waals surface area contributed by atoms with Crippen molar-refractivity contribution >= 4 is 17.5 Å². The molecule has 2 aromatic rings. The second-order valence-corrected chi connectivity index (χ2v) is 6.92. The highest BCUT2D eigenvalue weighted by Gasteiger charge is 2.42. The molecule has 2 aromatic carbocycles. The number of carbonyl (C=O) groups is 1. The number of aliphatic carboxylic acids is 1. The quantitative estimate of drug-likeness (QED) is 0.718. The van der Waals surface area contributed by atoms with Crippen LogP contribution in [0.25, 0.3) is 0 Å². The van der Waals surface area contributed by atoms with Crippen molar-refractivity contribution in [2.45, 2.75) is 32.5 Å². The average Bonchev–Trinajstić information content (AvgIpc) is 2.63. The van der Waals surface area contributed by atoms with Crippen molar-refractivity contribution in [3.05, 3.63) is 65.0 Å². The van der Waals surface area contributed by atoms with Crippen LogP contribution in [0, 0.1) is 11.7 Å². The van der Waals surface area contributed by atoms with Crippen LogP contribution in [0.5, 0.6) is 0 Å². The molecule has 0 fully saturated rings. The fourth-order valence-corrected chi connectivity index (χ4v) is 3.69. The second kappa shape index (κ2) is 7.85. The Morgan fingerprint density at radius 1 is 1.21 bits per heavy atom. The molecule has 0 radical (unpaired) electrons. The van der Waals surface area contributed by atoms with E-state index in [2.05, 4.69) is 4.99 Å². The molecular weight excluding hydrogens is 388 g/mol. The van der Waals surface area contributed by atoms with E-state index in [0.717, 1.165) is 12.1 Å². The number of carboxylic acid groups (broad SMARTS) is 1. The summed E-state index contributed by atoms with van der Waals surface area (Å²) in [6.07, 6.45) is -4.55. The third kappa shape index (κ3) is 4.11. The van der Waals surface area contributed by atoms with Crippen molar-refractivity contribution in [3.63, 3.8) is 0 Å². The molecule has 1 heterocycles. The van der Waals surface area contributed by atoms with Gasteiger partial charge in [0.15, 0.2) is 0 Å². The Labute approximate surface area is 165 Å². The van der Waals surface area contributed by atoms with E-state index in [9.17, 15) is 27.5 Å². The molecule has 1 aliphatic rings. The summed E-state index contributed by atoms with van der Waals surface area (Å²) < 4.78 is 53.6. The predicted molar refractivity (Wildman–Crippen MR) is 102 cm³/mol. The minimum absolute atomic E-state index is 0.00139. The number of fused-ring (bicyclic) bond motifs is 1. The van der Waals surface area contributed by atoms with Gasteiger partial charge in [0, 0.05) is 24.7 Å². The van der Waals surface area contributed by atoms with Gasteiger partial charge in [-0.15, -0.1) is 0 Å². The summed E-state index contributed by atoms with van der Waals surface area (Å²) in [5, 5.41) is 9.80. The summed E-state index contributed by atoms with van der Waals surface area (Å²) in [5.74, 6) is -3.02. The lowest BCUT2D eigenvalue weighted by Crippen LogP contribution is -2.46. The zero-order chi connectivity index (χ0) is 21.3. The summed E-state index contributed by atoms with van der Waals surface area (Å²) in [5.41, 5.74) is 0.381. The van der Waals surface area contributed by atoms with Gasteiger partial charge in [-0.1, -0.05) is 25.1 Å². The maximum atomic E-state index is 13.7. The molecule has 29 heavy (non-hydrogen) atoms. The SMILES string of the molecule is CCN=C1C(C(=O)O)C(C)c2ccc(C(F)(F)F)cc2N1Cc1cccc(F)c1. The van der Waals surface area contributed by atoms with Gasteiger partial charge in [-0.2, -0.15) is 13.2 Å². The number of halogens is 4. The zero-order valence-corrected chi connectivity index (χ0v) is 15.9. The molecule has 0 amide bonds. The van der Waals surface area contributed by atoms with Crippen LogP contribution >= 0.6 is 0 Å². The van der Waals surface area contributed by atoms with Crippen LogP contribution in [0.15, 0.2) is 47.5 Å². The van der Waals surface area contributed by atoms with Gasteiger partial charge < -0.3 is 10.0 Å². The Hall–Kier alpha value is -2.90. The molecule has 0 saturated carbocycles. The highest BCUT2D eigenvalue weighted by atomic mass is 19.4. The summed E-state index contributed by atoms with van der Waals surface area (Å²) >= 11 is 0. The Morgan fingerprint density at radius 2 is 1.93 bits per heavy atom. The summed E-state index contributed by atoms with van der Waals surface area (Å²) in [4.78, 5) is 17.8. The van der Waals surface area contributed by atoms with E-state index in [1.807, 2.05) is 0 Å². The van der Waals surface area contributed by atoms with E-state index in [1.165, 1.54) is 29.2 Å². The molecule has 0 spiro atoms. The molecule has 1 N–H and O–H groups in total. The van der Waals surface area contributed by atoms with Crippen LogP contribution in [0.2, 0.25) is 0 Å². The van der Waals surface area contributed by atoms with E-state index in [0.29, 0.717) is 11.1 Å².